The summed E-state index contributed by atoms with van der Waals surface area (Å²) in [5, 5.41) is 3.16. The standard InChI is InChI=1S/C16H19N3OS2/c1-11-5-4-6-19-7-13(17-15(11)19)8-21-9-14-10-22-16(18-14)12(2)20-3/h4-7,10,12H,8-9H2,1-3H3. The zero-order valence-corrected chi connectivity index (χ0v) is 14.6. The molecule has 0 aliphatic rings. The summed E-state index contributed by atoms with van der Waals surface area (Å²) in [6.45, 7) is 4.11. The van der Waals surface area contributed by atoms with Gasteiger partial charge >= 0.3 is 0 Å². The van der Waals surface area contributed by atoms with Crippen molar-refractivity contribution < 1.29 is 4.74 Å². The minimum Gasteiger partial charge on any atom is -0.375 e. The van der Waals surface area contributed by atoms with Gasteiger partial charge in [0.05, 0.1) is 11.4 Å². The predicted octanol–water partition coefficient (Wildman–Crippen LogP) is 4.24. The van der Waals surface area contributed by atoms with Crippen LogP contribution < -0.4 is 0 Å². The Morgan fingerprint density at radius 1 is 1.32 bits per heavy atom. The summed E-state index contributed by atoms with van der Waals surface area (Å²) in [7, 11) is 1.71. The fraction of sp³-hybridized carbons (Fsp3) is 0.375. The molecule has 4 nitrogen and oxygen atoms in total. The second-order valence-electron chi connectivity index (χ2n) is 5.20. The quantitative estimate of drug-likeness (QED) is 0.676. The van der Waals surface area contributed by atoms with Gasteiger partial charge in [0, 0.05) is 36.4 Å². The van der Waals surface area contributed by atoms with Crippen molar-refractivity contribution in [2.45, 2.75) is 31.5 Å². The van der Waals surface area contributed by atoms with Crippen LogP contribution >= 0.6 is 23.1 Å². The number of imidazole rings is 1. The third kappa shape index (κ3) is 3.34. The lowest BCUT2D eigenvalue weighted by molar-refractivity contribution is 0.119. The molecule has 0 amide bonds. The van der Waals surface area contributed by atoms with E-state index in [4.69, 9.17) is 9.72 Å². The SMILES string of the molecule is COC(C)c1nc(CSCc2cn3cccc(C)c3n2)cs1. The van der Waals surface area contributed by atoms with Crippen molar-refractivity contribution in [3.05, 3.63) is 51.9 Å². The van der Waals surface area contributed by atoms with E-state index in [2.05, 4.69) is 40.0 Å². The molecular weight excluding hydrogens is 314 g/mol. The van der Waals surface area contributed by atoms with E-state index >= 15 is 0 Å². The molecule has 0 saturated heterocycles. The van der Waals surface area contributed by atoms with Crippen molar-refractivity contribution in [3.8, 4) is 0 Å². The van der Waals surface area contributed by atoms with E-state index in [0.29, 0.717) is 0 Å². The fourth-order valence-corrected chi connectivity index (χ4v) is 3.97. The third-order valence-electron chi connectivity index (χ3n) is 3.50. The molecule has 0 N–H and O–H groups in total. The van der Waals surface area contributed by atoms with Crippen LogP contribution in [0.4, 0.5) is 0 Å². The maximum Gasteiger partial charge on any atom is 0.139 e. The molecule has 0 bridgehead atoms. The van der Waals surface area contributed by atoms with Crippen molar-refractivity contribution in [3.63, 3.8) is 0 Å². The maximum absolute atomic E-state index is 5.30. The van der Waals surface area contributed by atoms with E-state index in [-0.39, 0.29) is 6.10 Å². The average molecular weight is 333 g/mol. The van der Waals surface area contributed by atoms with E-state index < -0.39 is 0 Å². The molecule has 0 spiro atoms. The van der Waals surface area contributed by atoms with E-state index in [0.717, 1.165) is 33.5 Å². The Kier molecular flexibility index (Phi) is 4.81. The van der Waals surface area contributed by atoms with Gasteiger partial charge in [0.2, 0.25) is 0 Å². The molecule has 3 rings (SSSR count). The molecule has 22 heavy (non-hydrogen) atoms. The van der Waals surface area contributed by atoms with Crippen molar-refractivity contribution >= 4 is 28.7 Å². The largest absolute Gasteiger partial charge is 0.375 e. The van der Waals surface area contributed by atoms with Gasteiger partial charge in [0.15, 0.2) is 0 Å². The van der Waals surface area contributed by atoms with Gasteiger partial charge in [-0.25, -0.2) is 9.97 Å². The normalized spacial score (nSPS) is 12.9. The zero-order chi connectivity index (χ0) is 15.5. The van der Waals surface area contributed by atoms with Gasteiger partial charge in [0.25, 0.3) is 0 Å². The van der Waals surface area contributed by atoms with Gasteiger partial charge < -0.3 is 9.14 Å². The average Bonchev–Trinajstić information content (AvgIpc) is 3.14. The van der Waals surface area contributed by atoms with E-state index in [1.807, 2.05) is 24.9 Å². The first kappa shape index (κ1) is 15.5. The number of hydrogen-bond acceptors (Lipinski definition) is 5. The first-order chi connectivity index (χ1) is 10.7. The number of thiazole rings is 1. The molecule has 0 radical (unpaired) electrons. The number of methoxy groups -OCH3 is 1. The van der Waals surface area contributed by atoms with Crippen molar-refractivity contribution in [2.24, 2.45) is 0 Å². The molecule has 6 heteroatoms. The van der Waals surface area contributed by atoms with Crippen LogP contribution in [0.1, 0.15) is 35.0 Å². The van der Waals surface area contributed by atoms with Crippen LogP contribution in [0.2, 0.25) is 0 Å². The van der Waals surface area contributed by atoms with Crippen LogP contribution in [0.15, 0.2) is 29.9 Å². The summed E-state index contributed by atoms with van der Waals surface area (Å²) in [5.41, 5.74) is 4.48. The van der Waals surface area contributed by atoms with E-state index in [9.17, 15) is 0 Å². The lowest BCUT2D eigenvalue weighted by atomic mass is 10.3. The molecule has 0 aliphatic heterocycles. The molecule has 116 valence electrons. The Morgan fingerprint density at radius 3 is 2.91 bits per heavy atom. The van der Waals surface area contributed by atoms with Crippen LogP contribution in [-0.2, 0) is 16.2 Å². The minimum atomic E-state index is 0.0742. The number of rotatable bonds is 6. The highest BCUT2D eigenvalue weighted by Crippen LogP contribution is 2.24. The minimum absolute atomic E-state index is 0.0742. The molecule has 3 aromatic rings. The maximum atomic E-state index is 5.30. The number of ether oxygens (including phenoxy) is 1. The van der Waals surface area contributed by atoms with E-state index in [1.54, 1.807) is 18.4 Å². The topological polar surface area (TPSA) is 39.4 Å². The van der Waals surface area contributed by atoms with Crippen LogP contribution in [0.3, 0.4) is 0 Å². The molecule has 0 aliphatic carbocycles. The number of fused-ring (bicyclic) bond motifs is 1. The zero-order valence-electron chi connectivity index (χ0n) is 12.9. The van der Waals surface area contributed by atoms with Crippen LogP contribution in [0, 0.1) is 6.92 Å². The number of pyridine rings is 1. The van der Waals surface area contributed by atoms with Crippen molar-refractivity contribution in [1.82, 2.24) is 14.4 Å². The smallest absolute Gasteiger partial charge is 0.139 e. The predicted molar refractivity (Wildman–Crippen MR) is 92.5 cm³/mol. The highest BCUT2D eigenvalue weighted by Gasteiger charge is 2.10. The Bertz CT molecular complexity index is 766. The van der Waals surface area contributed by atoms with Gasteiger partial charge in [-0.2, -0.15) is 0 Å². The molecule has 0 fully saturated rings. The second-order valence-corrected chi connectivity index (χ2v) is 7.08. The fourth-order valence-electron chi connectivity index (χ4n) is 2.21. The van der Waals surface area contributed by atoms with Gasteiger partial charge in [0.1, 0.15) is 16.8 Å². The van der Waals surface area contributed by atoms with Gasteiger partial charge in [-0.05, 0) is 25.5 Å². The van der Waals surface area contributed by atoms with Crippen LogP contribution in [0.25, 0.3) is 5.65 Å². The van der Waals surface area contributed by atoms with Gasteiger partial charge in [-0.1, -0.05) is 6.07 Å². The summed E-state index contributed by atoms with van der Waals surface area (Å²) in [6.07, 6.45) is 4.22. The van der Waals surface area contributed by atoms with Gasteiger partial charge in [-0.3, -0.25) is 0 Å². The molecule has 0 aromatic carbocycles. The highest BCUT2D eigenvalue weighted by molar-refractivity contribution is 7.97. The monoisotopic (exact) mass is 333 g/mol. The third-order valence-corrected chi connectivity index (χ3v) is 5.55. The molecule has 1 atom stereocenters. The van der Waals surface area contributed by atoms with Crippen LogP contribution in [0.5, 0.6) is 0 Å². The van der Waals surface area contributed by atoms with E-state index in [1.165, 1.54) is 5.56 Å². The number of aryl methyl sites for hydroxylation is 1. The number of hydrogen-bond donors (Lipinski definition) is 0. The summed E-state index contributed by atoms with van der Waals surface area (Å²) >= 11 is 3.51. The summed E-state index contributed by atoms with van der Waals surface area (Å²) < 4.78 is 7.39. The Hall–Kier alpha value is -1.37. The van der Waals surface area contributed by atoms with Crippen molar-refractivity contribution in [2.75, 3.05) is 7.11 Å². The number of aromatic nitrogens is 3. The summed E-state index contributed by atoms with van der Waals surface area (Å²) in [5.74, 6) is 1.80. The second kappa shape index (κ2) is 6.81. The summed E-state index contributed by atoms with van der Waals surface area (Å²) in [4.78, 5) is 9.31. The summed E-state index contributed by atoms with van der Waals surface area (Å²) in [6, 6.07) is 4.14. The van der Waals surface area contributed by atoms with Gasteiger partial charge in [-0.15, -0.1) is 23.1 Å². The molecule has 3 heterocycles. The lowest BCUT2D eigenvalue weighted by Crippen LogP contribution is -1.95. The first-order valence-electron chi connectivity index (χ1n) is 7.15. The van der Waals surface area contributed by atoms with Crippen LogP contribution in [-0.4, -0.2) is 21.5 Å². The number of thioether (sulfide) groups is 1. The number of nitrogens with zero attached hydrogens (tertiary/aromatic N) is 3. The molecule has 1 unspecified atom stereocenters. The Morgan fingerprint density at radius 2 is 2.14 bits per heavy atom. The molecule has 0 saturated carbocycles. The van der Waals surface area contributed by atoms with Crippen molar-refractivity contribution in [1.29, 1.82) is 0 Å². The highest BCUT2D eigenvalue weighted by atomic mass is 32.2. The Labute approximate surface area is 138 Å². The first-order valence-corrected chi connectivity index (χ1v) is 9.19. The molecular formula is C16H19N3OS2. The Balaban J connectivity index is 1.60. The molecule has 3 aromatic heterocycles. The lowest BCUT2D eigenvalue weighted by Gasteiger charge is -2.03.